The number of aromatic amines is 1. The highest BCUT2D eigenvalue weighted by Crippen LogP contribution is 2.50. The van der Waals surface area contributed by atoms with E-state index in [0.717, 1.165) is 12.7 Å². The molecule has 10 N–H and O–H groups in total. The Bertz CT molecular complexity index is 1870. The number of H-pyrrole nitrogens is 1. The van der Waals surface area contributed by atoms with E-state index in [1.54, 1.807) is 0 Å². The van der Waals surface area contributed by atoms with E-state index in [-0.39, 0.29) is 34.1 Å². The van der Waals surface area contributed by atoms with Crippen LogP contribution in [0.25, 0.3) is 22.3 Å². The van der Waals surface area contributed by atoms with Crippen LogP contribution in [0.5, 0.6) is 0 Å². The van der Waals surface area contributed by atoms with Crippen LogP contribution < -0.4 is 17.0 Å². The van der Waals surface area contributed by atoms with Crippen LogP contribution in [0.1, 0.15) is 12.5 Å². The average molecular weight is 689 g/mol. The minimum atomic E-state index is -5.11. The molecule has 6 rings (SSSR count). The summed E-state index contributed by atoms with van der Waals surface area (Å²) < 4.78 is 54.3. The van der Waals surface area contributed by atoms with Crippen LogP contribution in [0.2, 0.25) is 0 Å². The van der Waals surface area contributed by atoms with Crippen molar-refractivity contribution in [2.75, 3.05) is 31.0 Å². The standard InChI is InChI=1S/C21H26N10O13P2/c22-15-9-16(25-3-24-15)30(4-26-9)20-14(11(33)7(1-32)42-20)44-46(38,39)41-2-8-12(34)13(40-6-45(36)37)19(43-8)31-5-27-10-17(31)28-21(23)29-18(10)35/h3-5,7-8,11-14,19-20,32-34H,1-2,6H2,(H6-,22,23,24,25,28,29,35,36,37,38,39)/p+1/t7-,8-,11?,12?,13?,14?,19-,20-/m1/s1. The van der Waals surface area contributed by atoms with Crippen molar-refractivity contribution in [1.82, 2.24) is 39.0 Å². The molecular weight excluding hydrogens is 662 g/mol. The molecule has 6 unspecified atom stereocenters. The summed E-state index contributed by atoms with van der Waals surface area (Å²) in [6, 6.07) is 0. The number of anilines is 2. The number of nitrogens with two attached hydrogens (primary N) is 2. The van der Waals surface area contributed by atoms with E-state index < -0.39 is 90.1 Å². The molecule has 25 heteroatoms. The van der Waals surface area contributed by atoms with E-state index in [1.165, 1.54) is 15.5 Å². The van der Waals surface area contributed by atoms with Crippen molar-refractivity contribution < 1.29 is 57.5 Å². The fraction of sp³-hybridized carbons (Fsp3) is 0.524. The number of nitrogens with zero attached hydrogens (tertiary/aromatic N) is 7. The van der Waals surface area contributed by atoms with Crippen LogP contribution in [0.4, 0.5) is 11.8 Å². The first kappa shape index (κ1) is 32.4. The fourth-order valence-corrected chi connectivity index (χ4v) is 6.39. The summed E-state index contributed by atoms with van der Waals surface area (Å²) in [5, 5.41) is 31.5. The van der Waals surface area contributed by atoms with Crippen molar-refractivity contribution >= 4 is 49.9 Å². The molecule has 0 aromatic carbocycles. The molecule has 2 fully saturated rings. The molecule has 4 aromatic rings. The van der Waals surface area contributed by atoms with Gasteiger partial charge in [-0.3, -0.25) is 28.0 Å². The van der Waals surface area contributed by atoms with Gasteiger partial charge in [0, 0.05) is 0 Å². The maximum absolute atomic E-state index is 13.2. The van der Waals surface area contributed by atoms with Crippen LogP contribution in [0.3, 0.4) is 0 Å². The van der Waals surface area contributed by atoms with Crippen molar-refractivity contribution in [1.29, 1.82) is 0 Å². The lowest BCUT2D eigenvalue weighted by Crippen LogP contribution is -2.36. The highest BCUT2D eigenvalue weighted by molar-refractivity contribution is 7.47. The zero-order chi connectivity index (χ0) is 32.9. The number of phosphoric ester groups is 1. The summed E-state index contributed by atoms with van der Waals surface area (Å²) in [7, 11) is -7.93. The molecule has 2 aliphatic rings. The Morgan fingerprint density at radius 1 is 1.00 bits per heavy atom. The Morgan fingerprint density at radius 3 is 2.37 bits per heavy atom. The van der Waals surface area contributed by atoms with Crippen molar-refractivity contribution in [2.24, 2.45) is 0 Å². The Hall–Kier alpha value is -3.57. The van der Waals surface area contributed by atoms with E-state index in [0.29, 0.717) is 0 Å². The van der Waals surface area contributed by atoms with Crippen molar-refractivity contribution in [3.8, 4) is 0 Å². The third kappa shape index (κ3) is 5.99. The molecule has 2 saturated heterocycles. The second kappa shape index (κ2) is 12.6. The molecular formula is C21H27N10O13P2+. The van der Waals surface area contributed by atoms with Gasteiger partial charge in [-0.2, -0.15) is 9.88 Å². The lowest BCUT2D eigenvalue weighted by atomic mass is 10.1. The number of fused-ring (bicyclic) bond motifs is 2. The largest absolute Gasteiger partial charge is 0.534 e. The quantitative estimate of drug-likeness (QED) is 0.0738. The summed E-state index contributed by atoms with van der Waals surface area (Å²) in [4.78, 5) is 54.5. The molecule has 23 nitrogen and oxygen atoms in total. The van der Waals surface area contributed by atoms with Gasteiger partial charge in [0.25, 0.3) is 11.9 Å². The zero-order valence-corrected chi connectivity index (χ0v) is 24.9. The van der Waals surface area contributed by atoms with E-state index in [4.69, 9.17) is 34.7 Å². The number of nitrogen functional groups attached to an aromatic ring is 2. The number of aliphatic hydroxyl groups excluding tert-OH is 3. The summed E-state index contributed by atoms with van der Waals surface area (Å²) >= 11 is 0. The molecule has 0 radical (unpaired) electrons. The van der Waals surface area contributed by atoms with Crippen LogP contribution >= 0.6 is 15.9 Å². The van der Waals surface area contributed by atoms with Gasteiger partial charge in [0.1, 0.15) is 48.5 Å². The second-order valence-electron chi connectivity index (χ2n) is 10.1. The average Bonchev–Trinajstić information content (AvgIpc) is 3.76. The Kier molecular flexibility index (Phi) is 8.84. The van der Waals surface area contributed by atoms with Crippen molar-refractivity contribution in [3.63, 3.8) is 0 Å². The number of imidazole rings is 2. The SMILES string of the molecule is Nc1nc2c(ncn2[C@@H]2O[C@H](COP(=O)(O)OC3C(O)[C@@H](CO)O[C@H]3n3cnc4c(N)ncnc43)C(O)C2OC[P+](=O)O)c(=O)[nH]1. The number of hydrogen-bond acceptors (Lipinski definition) is 18. The smallest absolute Gasteiger partial charge is 0.394 e. The second-order valence-corrected chi connectivity index (χ2v) is 12.5. The zero-order valence-electron chi connectivity index (χ0n) is 23.2. The Labute approximate surface area is 256 Å². The minimum Gasteiger partial charge on any atom is -0.394 e. The molecule has 4 aromatic heterocycles. The highest BCUT2D eigenvalue weighted by Gasteiger charge is 2.51. The highest BCUT2D eigenvalue weighted by atomic mass is 31.2. The van der Waals surface area contributed by atoms with Gasteiger partial charge in [-0.15, -0.1) is 0 Å². The summed E-state index contributed by atoms with van der Waals surface area (Å²) in [5.41, 5.74) is 10.9. The van der Waals surface area contributed by atoms with Crippen LogP contribution in [-0.2, 0) is 32.4 Å². The number of hydrogen-bond donors (Lipinski definition) is 8. The van der Waals surface area contributed by atoms with Gasteiger partial charge in [-0.05, 0) is 4.57 Å². The monoisotopic (exact) mass is 689 g/mol. The van der Waals surface area contributed by atoms with E-state index in [9.17, 15) is 39.0 Å². The first-order valence-electron chi connectivity index (χ1n) is 13.2. The minimum absolute atomic E-state index is 0.0333. The number of aromatic nitrogens is 8. The lowest BCUT2D eigenvalue weighted by molar-refractivity contribution is -0.0664. The molecule has 0 bridgehead atoms. The maximum atomic E-state index is 13.2. The van der Waals surface area contributed by atoms with E-state index in [1.807, 2.05) is 0 Å². The molecule has 0 aliphatic carbocycles. The molecule has 0 saturated carbocycles. The molecule has 10 atom stereocenters. The first-order chi connectivity index (χ1) is 21.9. The van der Waals surface area contributed by atoms with Gasteiger partial charge in [-0.25, -0.2) is 24.5 Å². The summed E-state index contributed by atoms with van der Waals surface area (Å²) in [6.07, 6.45) is -8.83. The molecule has 46 heavy (non-hydrogen) atoms. The Balaban J connectivity index is 1.21. The predicted octanol–water partition coefficient (Wildman–Crippen LogP) is -2.79. The number of phosphoric acid groups is 1. The third-order valence-corrected chi connectivity index (χ3v) is 8.58. The summed E-state index contributed by atoms with van der Waals surface area (Å²) in [6.45, 7) is -1.49. The number of ether oxygens (including phenoxy) is 3. The normalized spacial score (nSPS) is 29.9. The Morgan fingerprint density at radius 2 is 1.65 bits per heavy atom. The number of rotatable bonds is 11. The molecule has 0 amide bonds. The molecule has 0 spiro atoms. The predicted molar refractivity (Wildman–Crippen MR) is 149 cm³/mol. The molecule has 6 heterocycles. The van der Waals surface area contributed by atoms with Crippen molar-refractivity contribution in [3.05, 3.63) is 29.3 Å². The number of aliphatic hydroxyl groups is 3. The van der Waals surface area contributed by atoms with Gasteiger partial charge in [0.05, 0.1) is 25.9 Å². The van der Waals surface area contributed by atoms with E-state index >= 15 is 0 Å². The molecule has 2 aliphatic heterocycles. The van der Waals surface area contributed by atoms with Gasteiger partial charge >= 0.3 is 15.9 Å². The van der Waals surface area contributed by atoms with Gasteiger partial charge in [-0.1, -0.05) is 0 Å². The van der Waals surface area contributed by atoms with Crippen LogP contribution in [0.15, 0.2) is 23.8 Å². The molecule has 248 valence electrons. The van der Waals surface area contributed by atoms with Crippen LogP contribution in [0, 0.1) is 0 Å². The van der Waals surface area contributed by atoms with Crippen LogP contribution in [-0.4, -0.2) is 120 Å². The van der Waals surface area contributed by atoms with E-state index in [2.05, 4.69) is 29.9 Å². The number of nitrogens with one attached hydrogen (secondary N) is 1. The van der Waals surface area contributed by atoms with Gasteiger partial charge in [0.2, 0.25) is 5.95 Å². The third-order valence-electron chi connectivity index (χ3n) is 7.23. The van der Waals surface area contributed by atoms with Gasteiger partial charge < -0.3 is 45.9 Å². The van der Waals surface area contributed by atoms with Gasteiger partial charge in [0.15, 0.2) is 35.1 Å². The first-order valence-corrected chi connectivity index (χ1v) is 16.1. The topological polar surface area (TPSA) is 341 Å². The maximum Gasteiger partial charge on any atom is 0.534 e. The summed E-state index contributed by atoms with van der Waals surface area (Å²) in [5.74, 6) is -0.225. The lowest BCUT2D eigenvalue weighted by Gasteiger charge is -2.25. The van der Waals surface area contributed by atoms with Crippen molar-refractivity contribution in [2.45, 2.75) is 49.1 Å². The fourth-order valence-electron chi connectivity index (χ4n) is 5.15.